The van der Waals surface area contributed by atoms with Crippen molar-refractivity contribution in [2.45, 2.75) is 19.8 Å². The second-order valence-electron chi connectivity index (χ2n) is 10.2. The Morgan fingerprint density at radius 2 is 0.952 bits per heavy atom. The van der Waals surface area contributed by atoms with Gasteiger partial charge in [-0.15, -0.1) is 0 Å². The van der Waals surface area contributed by atoms with Gasteiger partial charge in [0.15, 0.2) is 0 Å². The number of hydrogen-bond acceptors (Lipinski definition) is 3. The maximum atomic E-state index is 6.04. The Morgan fingerprint density at radius 3 is 1.43 bits per heavy atom. The Balaban J connectivity index is 1.25. The first-order valence-corrected chi connectivity index (χ1v) is 14.1. The molecular formula is C38H33NO3. The fraction of sp³-hybridized carbons (Fsp3) is 0.105. The number of nitrogens with zero attached hydrogens (tertiary/aromatic N) is 1. The summed E-state index contributed by atoms with van der Waals surface area (Å²) in [6.45, 7) is 1.82. The Kier molecular flexibility index (Phi) is 8.33. The highest BCUT2D eigenvalue weighted by Gasteiger charge is 2.13. The normalized spacial score (nSPS) is 10.8. The van der Waals surface area contributed by atoms with Gasteiger partial charge in [-0.1, -0.05) is 97.1 Å². The highest BCUT2D eigenvalue weighted by Crippen LogP contribution is 2.35. The molecule has 0 saturated heterocycles. The molecule has 208 valence electrons. The van der Waals surface area contributed by atoms with Gasteiger partial charge in [0, 0.05) is 30.1 Å². The quantitative estimate of drug-likeness (QED) is 0.161. The molecule has 4 nitrogen and oxygen atoms in total. The van der Waals surface area contributed by atoms with Crippen LogP contribution in [0.5, 0.6) is 17.2 Å². The van der Waals surface area contributed by atoms with Gasteiger partial charge in [0.25, 0.3) is 0 Å². The van der Waals surface area contributed by atoms with Crippen LogP contribution in [0.25, 0.3) is 22.3 Å². The van der Waals surface area contributed by atoms with E-state index in [0.29, 0.717) is 13.2 Å². The van der Waals surface area contributed by atoms with Crippen molar-refractivity contribution >= 4 is 0 Å². The van der Waals surface area contributed by atoms with Crippen LogP contribution in [0, 0.1) is 0 Å². The maximum Gasteiger partial charge on any atom is 0.119 e. The molecule has 6 rings (SSSR count). The average molecular weight is 552 g/mol. The summed E-state index contributed by atoms with van der Waals surface area (Å²) in [6, 6.07) is 45.3. The van der Waals surface area contributed by atoms with Gasteiger partial charge in [-0.05, 0) is 64.2 Å². The van der Waals surface area contributed by atoms with Gasteiger partial charge in [0.1, 0.15) is 30.5 Å². The third-order valence-electron chi connectivity index (χ3n) is 7.21. The molecule has 6 aromatic rings. The van der Waals surface area contributed by atoms with Crippen LogP contribution in [0.2, 0.25) is 0 Å². The molecule has 0 aliphatic heterocycles. The number of hydrogen-bond donors (Lipinski definition) is 0. The highest BCUT2D eigenvalue weighted by molar-refractivity contribution is 5.83. The summed E-state index contributed by atoms with van der Waals surface area (Å²) in [7, 11) is 1.70. The lowest BCUT2D eigenvalue weighted by molar-refractivity contribution is 0.306. The fourth-order valence-electron chi connectivity index (χ4n) is 4.98. The van der Waals surface area contributed by atoms with Crippen molar-refractivity contribution in [2.75, 3.05) is 7.11 Å². The largest absolute Gasteiger partial charge is 0.497 e. The van der Waals surface area contributed by atoms with E-state index in [2.05, 4.69) is 77.6 Å². The van der Waals surface area contributed by atoms with Crippen molar-refractivity contribution in [1.29, 1.82) is 0 Å². The topological polar surface area (TPSA) is 32.6 Å². The Bertz CT molecular complexity index is 1600. The van der Waals surface area contributed by atoms with Crippen molar-refractivity contribution in [2.24, 2.45) is 0 Å². The van der Waals surface area contributed by atoms with Gasteiger partial charge in [-0.2, -0.15) is 0 Å². The van der Waals surface area contributed by atoms with Crippen molar-refractivity contribution in [3.63, 3.8) is 0 Å². The zero-order chi connectivity index (χ0) is 28.6. The molecule has 0 fully saturated rings. The first kappa shape index (κ1) is 27.0. The molecule has 0 unspecified atom stereocenters. The molecule has 0 atom stereocenters. The summed E-state index contributed by atoms with van der Waals surface area (Å²) in [6.07, 6.45) is 4.43. The molecule has 1 aromatic heterocycles. The van der Waals surface area contributed by atoms with E-state index >= 15 is 0 Å². The van der Waals surface area contributed by atoms with Crippen LogP contribution in [0.3, 0.4) is 0 Å². The average Bonchev–Trinajstić information content (AvgIpc) is 3.48. The van der Waals surface area contributed by atoms with E-state index in [1.165, 1.54) is 5.56 Å². The Morgan fingerprint density at radius 1 is 0.476 bits per heavy atom. The third kappa shape index (κ3) is 6.73. The van der Waals surface area contributed by atoms with E-state index in [9.17, 15) is 0 Å². The van der Waals surface area contributed by atoms with Crippen LogP contribution in [-0.2, 0) is 19.8 Å². The smallest absolute Gasteiger partial charge is 0.119 e. The zero-order valence-corrected chi connectivity index (χ0v) is 23.6. The van der Waals surface area contributed by atoms with Crippen LogP contribution in [0.1, 0.15) is 16.7 Å². The number of ether oxygens (including phenoxy) is 3. The van der Waals surface area contributed by atoms with E-state index in [0.717, 1.165) is 57.2 Å². The van der Waals surface area contributed by atoms with Gasteiger partial charge in [0.05, 0.1) is 7.11 Å². The minimum absolute atomic E-state index is 0.543. The second-order valence-corrected chi connectivity index (χ2v) is 10.2. The maximum absolute atomic E-state index is 6.04. The lowest BCUT2D eigenvalue weighted by Crippen LogP contribution is -1.96. The van der Waals surface area contributed by atoms with E-state index in [1.807, 2.05) is 72.8 Å². The fourth-order valence-corrected chi connectivity index (χ4v) is 4.98. The summed E-state index contributed by atoms with van der Waals surface area (Å²) in [4.78, 5) is 0. The minimum atomic E-state index is 0.543. The van der Waals surface area contributed by atoms with Gasteiger partial charge < -0.3 is 18.8 Å². The number of aromatic nitrogens is 1. The first-order valence-electron chi connectivity index (χ1n) is 14.1. The van der Waals surface area contributed by atoms with Crippen LogP contribution < -0.4 is 14.2 Å². The van der Waals surface area contributed by atoms with Crippen LogP contribution >= 0.6 is 0 Å². The van der Waals surface area contributed by atoms with Crippen LogP contribution in [0.15, 0.2) is 146 Å². The summed E-state index contributed by atoms with van der Waals surface area (Å²) < 4.78 is 19.8. The van der Waals surface area contributed by atoms with Gasteiger partial charge in [-0.3, -0.25) is 0 Å². The number of methoxy groups -OCH3 is 1. The Labute approximate surface area is 247 Å². The molecule has 1 heterocycles. The Hall–Kier alpha value is -5.22. The lowest BCUT2D eigenvalue weighted by atomic mass is 9.99. The monoisotopic (exact) mass is 551 g/mol. The van der Waals surface area contributed by atoms with Crippen LogP contribution in [0.4, 0.5) is 0 Å². The highest BCUT2D eigenvalue weighted by atomic mass is 16.5. The predicted molar refractivity (Wildman–Crippen MR) is 169 cm³/mol. The summed E-state index contributed by atoms with van der Waals surface area (Å²) >= 11 is 0. The minimum Gasteiger partial charge on any atom is -0.497 e. The molecule has 42 heavy (non-hydrogen) atoms. The van der Waals surface area contributed by atoms with Crippen molar-refractivity contribution < 1.29 is 14.2 Å². The van der Waals surface area contributed by atoms with Gasteiger partial charge in [0.2, 0.25) is 0 Å². The molecule has 0 N–H and O–H groups in total. The second kappa shape index (κ2) is 13.0. The zero-order valence-electron chi connectivity index (χ0n) is 23.6. The van der Waals surface area contributed by atoms with Gasteiger partial charge >= 0.3 is 0 Å². The summed E-state index contributed by atoms with van der Waals surface area (Å²) in [5.41, 5.74) is 8.05. The summed E-state index contributed by atoms with van der Waals surface area (Å²) in [5, 5.41) is 0. The third-order valence-corrected chi connectivity index (χ3v) is 7.21. The van der Waals surface area contributed by atoms with E-state index in [-0.39, 0.29) is 0 Å². The molecule has 0 amide bonds. The summed E-state index contributed by atoms with van der Waals surface area (Å²) in [5.74, 6) is 2.55. The van der Waals surface area contributed by atoms with Crippen molar-refractivity contribution in [1.82, 2.24) is 4.57 Å². The molecular weight excluding hydrogens is 518 g/mol. The molecule has 0 aliphatic rings. The molecule has 0 aliphatic carbocycles. The van der Waals surface area contributed by atoms with Gasteiger partial charge in [-0.25, -0.2) is 0 Å². The SMILES string of the molecule is COc1cccc(Cn2cc(-c3ccc(OCc4ccccc4)cc3)c(-c3ccc(OCc4ccccc4)cc3)c2)c1. The van der Waals surface area contributed by atoms with E-state index < -0.39 is 0 Å². The molecule has 0 spiro atoms. The predicted octanol–water partition coefficient (Wildman–Crippen LogP) is 9.04. The first-order chi connectivity index (χ1) is 20.7. The lowest BCUT2D eigenvalue weighted by Gasteiger charge is -2.10. The molecule has 0 radical (unpaired) electrons. The van der Waals surface area contributed by atoms with Crippen LogP contribution in [-0.4, -0.2) is 11.7 Å². The van der Waals surface area contributed by atoms with Crippen molar-refractivity contribution in [3.05, 3.63) is 163 Å². The molecule has 4 heteroatoms. The van der Waals surface area contributed by atoms with E-state index in [4.69, 9.17) is 14.2 Å². The molecule has 5 aromatic carbocycles. The van der Waals surface area contributed by atoms with Crippen molar-refractivity contribution in [3.8, 4) is 39.5 Å². The van der Waals surface area contributed by atoms with E-state index in [1.54, 1.807) is 7.11 Å². The number of rotatable bonds is 11. The molecule has 0 saturated carbocycles. The molecule has 0 bridgehead atoms. The standard InChI is InChI=1S/C38H33NO3/c1-40-36-14-8-13-31(23-36)24-39-25-37(32-15-19-34(20-16-32)41-27-29-9-4-2-5-10-29)38(26-39)33-17-21-35(22-18-33)42-28-30-11-6-3-7-12-30/h2-23,25-26H,24,27-28H2,1H3. The number of benzene rings is 5.